The van der Waals surface area contributed by atoms with E-state index in [1.54, 1.807) is 12.2 Å². The van der Waals surface area contributed by atoms with Gasteiger partial charge in [-0.2, -0.15) is 0 Å². The molecule has 1 aliphatic heterocycles. The minimum Gasteiger partial charge on any atom is -0.285 e. The highest BCUT2D eigenvalue weighted by molar-refractivity contribution is 5.86. The topological polar surface area (TPSA) is 32.3 Å². The summed E-state index contributed by atoms with van der Waals surface area (Å²) >= 11 is 0. The van der Waals surface area contributed by atoms with Gasteiger partial charge in [-0.1, -0.05) is 12.5 Å². The van der Waals surface area contributed by atoms with Crippen LogP contribution in [-0.4, -0.2) is 23.0 Å². The SMILES string of the molecule is C/C=C/C(=O)NN1C(C)CCCC1C. The highest BCUT2D eigenvalue weighted by atomic mass is 16.2. The van der Waals surface area contributed by atoms with Crippen molar-refractivity contribution in [3.63, 3.8) is 0 Å². The fraction of sp³-hybridized carbons (Fsp3) is 0.727. The summed E-state index contributed by atoms with van der Waals surface area (Å²) in [6.45, 7) is 6.17. The van der Waals surface area contributed by atoms with E-state index in [9.17, 15) is 4.79 Å². The lowest BCUT2D eigenvalue weighted by Crippen LogP contribution is -2.53. The van der Waals surface area contributed by atoms with Gasteiger partial charge in [0.25, 0.3) is 5.91 Å². The second kappa shape index (κ2) is 5.15. The van der Waals surface area contributed by atoms with Crippen molar-refractivity contribution in [3.8, 4) is 0 Å². The highest BCUT2D eigenvalue weighted by Crippen LogP contribution is 2.19. The van der Waals surface area contributed by atoms with Crippen molar-refractivity contribution in [2.24, 2.45) is 0 Å². The largest absolute Gasteiger partial charge is 0.285 e. The molecule has 2 unspecified atom stereocenters. The Morgan fingerprint density at radius 1 is 1.36 bits per heavy atom. The molecule has 14 heavy (non-hydrogen) atoms. The van der Waals surface area contributed by atoms with Gasteiger partial charge in [-0.3, -0.25) is 10.2 Å². The van der Waals surface area contributed by atoms with Crippen LogP contribution in [0.5, 0.6) is 0 Å². The Bertz CT molecular complexity index is 215. The van der Waals surface area contributed by atoms with Gasteiger partial charge in [-0.05, 0) is 39.7 Å². The van der Waals surface area contributed by atoms with Gasteiger partial charge in [0.1, 0.15) is 0 Å². The van der Waals surface area contributed by atoms with Gasteiger partial charge in [-0.25, -0.2) is 5.01 Å². The van der Waals surface area contributed by atoms with E-state index in [1.807, 2.05) is 6.92 Å². The number of hydrazine groups is 1. The molecule has 3 heteroatoms. The minimum absolute atomic E-state index is 0.0203. The normalized spacial score (nSPS) is 29.4. The van der Waals surface area contributed by atoms with E-state index < -0.39 is 0 Å². The molecule has 0 aromatic carbocycles. The number of piperidine rings is 1. The summed E-state index contributed by atoms with van der Waals surface area (Å²) in [5, 5.41) is 2.08. The number of carbonyl (C=O) groups excluding carboxylic acids is 1. The molecule has 0 spiro atoms. The molecule has 0 saturated carbocycles. The number of carbonyl (C=O) groups is 1. The molecule has 3 nitrogen and oxygen atoms in total. The van der Waals surface area contributed by atoms with Gasteiger partial charge in [-0.15, -0.1) is 0 Å². The molecule has 1 aliphatic rings. The average Bonchev–Trinajstić information content (AvgIpc) is 2.12. The standard InChI is InChI=1S/C11H20N2O/c1-4-6-11(14)12-13-9(2)7-5-8-10(13)3/h4,6,9-10H,5,7-8H2,1-3H3,(H,12,14)/b6-4+. The molecule has 0 bridgehead atoms. The predicted octanol–water partition coefficient (Wildman–Crippen LogP) is 1.86. The lowest BCUT2D eigenvalue weighted by atomic mass is 10.00. The fourth-order valence-electron chi connectivity index (χ4n) is 1.96. The van der Waals surface area contributed by atoms with E-state index >= 15 is 0 Å². The zero-order valence-electron chi connectivity index (χ0n) is 9.29. The molecule has 2 atom stereocenters. The lowest BCUT2D eigenvalue weighted by molar-refractivity contribution is -0.124. The second-order valence-electron chi connectivity index (χ2n) is 4.01. The van der Waals surface area contributed by atoms with Crippen LogP contribution in [0.2, 0.25) is 0 Å². The molecule has 1 fully saturated rings. The summed E-state index contributed by atoms with van der Waals surface area (Å²) in [6, 6.07) is 0.904. The Morgan fingerprint density at radius 3 is 2.43 bits per heavy atom. The first-order valence-electron chi connectivity index (χ1n) is 5.36. The van der Waals surface area contributed by atoms with Gasteiger partial charge in [0.05, 0.1) is 0 Å². The molecule has 1 N–H and O–H groups in total. The summed E-state index contributed by atoms with van der Waals surface area (Å²) in [6.07, 6.45) is 6.92. The van der Waals surface area contributed by atoms with Crippen LogP contribution in [0.15, 0.2) is 12.2 Å². The van der Waals surface area contributed by atoms with Crippen molar-refractivity contribution >= 4 is 5.91 Å². The van der Waals surface area contributed by atoms with Gasteiger partial charge in [0, 0.05) is 12.1 Å². The molecule has 1 amide bonds. The molecular weight excluding hydrogens is 176 g/mol. The van der Waals surface area contributed by atoms with Crippen LogP contribution in [0.1, 0.15) is 40.0 Å². The van der Waals surface area contributed by atoms with Crippen LogP contribution in [0.4, 0.5) is 0 Å². The summed E-state index contributed by atoms with van der Waals surface area (Å²) in [4.78, 5) is 11.4. The Hall–Kier alpha value is -0.830. The number of amides is 1. The van der Waals surface area contributed by atoms with Crippen molar-refractivity contribution in [1.82, 2.24) is 10.4 Å². The number of nitrogens with one attached hydrogen (secondary N) is 1. The van der Waals surface area contributed by atoms with Gasteiger partial charge < -0.3 is 0 Å². The number of nitrogens with zero attached hydrogens (tertiary/aromatic N) is 1. The van der Waals surface area contributed by atoms with E-state index in [0.717, 1.165) is 0 Å². The molecule has 80 valence electrons. The molecule has 0 radical (unpaired) electrons. The number of hydrogen-bond donors (Lipinski definition) is 1. The zero-order valence-corrected chi connectivity index (χ0v) is 9.29. The van der Waals surface area contributed by atoms with E-state index in [0.29, 0.717) is 12.1 Å². The monoisotopic (exact) mass is 196 g/mol. The van der Waals surface area contributed by atoms with E-state index in [-0.39, 0.29) is 5.91 Å². The van der Waals surface area contributed by atoms with Crippen molar-refractivity contribution in [2.45, 2.75) is 52.1 Å². The van der Waals surface area contributed by atoms with Crippen LogP contribution in [0.25, 0.3) is 0 Å². The number of hydrogen-bond acceptors (Lipinski definition) is 2. The van der Waals surface area contributed by atoms with E-state index in [4.69, 9.17) is 0 Å². The van der Waals surface area contributed by atoms with Crippen LogP contribution < -0.4 is 5.43 Å². The Kier molecular flexibility index (Phi) is 4.14. The summed E-state index contributed by atoms with van der Waals surface area (Å²) in [7, 11) is 0. The quantitative estimate of drug-likeness (QED) is 0.684. The maximum absolute atomic E-state index is 11.4. The van der Waals surface area contributed by atoms with E-state index in [1.165, 1.54) is 19.3 Å². The van der Waals surface area contributed by atoms with Crippen molar-refractivity contribution in [1.29, 1.82) is 0 Å². The zero-order chi connectivity index (χ0) is 10.6. The minimum atomic E-state index is -0.0203. The van der Waals surface area contributed by atoms with E-state index in [2.05, 4.69) is 24.3 Å². The molecule has 0 aromatic heterocycles. The average molecular weight is 196 g/mol. The molecule has 1 saturated heterocycles. The third-order valence-electron chi connectivity index (χ3n) is 2.75. The molecule has 0 aromatic rings. The summed E-state index contributed by atoms with van der Waals surface area (Å²) in [5.41, 5.74) is 2.93. The number of allylic oxidation sites excluding steroid dienone is 1. The van der Waals surface area contributed by atoms with Crippen LogP contribution >= 0.6 is 0 Å². The Balaban J connectivity index is 2.51. The molecule has 1 heterocycles. The highest BCUT2D eigenvalue weighted by Gasteiger charge is 2.25. The van der Waals surface area contributed by atoms with Crippen molar-refractivity contribution in [2.75, 3.05) is 0 Å². The first kappa shape index (κ1) is 11.2. The van der Waals surface area contributed by atoms with Gasteiger partial charge in [0.2, 0.25) is 0 Å². The van der Waals surface area contributed by atoms with Crippen LogP contribution in [0, 0.1) is 0 Å². The summed E-state index contributed by atoms with van der Waals surface area (Å²) in [5.74, 6) is -0.0203. The van der Waals surface area contributed by atoms with Gasteiger partial charge in [0.15, 0.2) is 0 Å². The third kappa shape index (κ3) is 2.84. The molecule has 0 aliphatic carbocycles. The smallest absolute Gasteiger partial charge is 0.257 e. The van der Waals surface area contributed by atoms with Crippen molar-refractivity contribution < 1.29 is 4.79 Å². The lowest BCUT2D eigenvalue weighted by Gasteiger charge is -2.38. The maximum atomic E-state index is 11.4. The summed E-state index contributed by atoms with van der Waals surface area (Å²) < 4.78 is 0. The first-order valence-corrected chi connectivity index (χ1v) is 5.36. The Morgan fingerprint density at radius 2 is 1.93 bits per heavy atom. The first-order chi connectivity index (χ1) is 6.65. The second-order valence-corrected chi connectivity index (χ2v) is 4.01. The maximum Gasteiger partial charge on any atom is 0.257 e. The number of rotatable bonds is 2. The fourth-order valence-corrected chi connectivity index (χ4v) is 1.96. The van der Waals surface area contributed by atoms with Crippen LogP contribution in [0.3, 0.4) is 0 Å². The van der Waals surface area contributed by atoms with Crippen LogP contribution in [-0.2, 0) is 4.79 Å². The van der Waals surface area contributed by atoms with Gasteiger partial charge >= 0.3 is 0 Å². The predicted molar refractivity (Wildman–Crippen MR) is 57.6 cm³/mol. The van der Waals surface area contributed by atoms with Crippen molar-refractivity contribution in [3.05, 3.63) is 12.2 Å². The molecule has 1 rings (SSSR count). The molecular formula is C11H20N2O. The Labute approximate surface area is 86.1 Å². The third-order valence-corrected chi connectivity index (χ3v) is 2.75.